The molecule has 1 aromatic rings. The van der Waals surface area contributed by atoms with E-state index < -0.39 is 0 Å². The lowest BCUT2D eigenvalue weighted by molar-refractivity contribution is 0.0819. The second kappa shape index (κ2) is 4.91. The summed E-state index contributed by atoms with van der Waals surface area (Å²) >= 11 is 3.35. The van der Waals surface area contributed by atoms with Crippen LogP contribution >= 0.6 is 15.9 Å². The van der Waals surface area contributed by atoms with Crippen LogP contribution in [0.15, 0.2) is 16.7 Å². The zero-order valence-corrected chi connectivity index (χ0v) is 11.2. The molecule has 1 aliphatic rings. The number of urea groups is 1. The van der Waals surface area contributed by atoms with Gasteiger partial charge >= 0.3 is 6.03 Å². The van der Waals surface area contributed by atoms with Crippen molar-refractivity contribution in [3.05, 3.63) is 22.4 Å². The zero-order chi connectivity index (χ0) is 12.4. The Kier molecular flexibility index (Phi) is 3.51. The van der Waals surface area contributed by atoms with Crippen LogP contribution in [0.4, 0.5) is 4.79 Å². The van der Waals surface area contributed by atoms with Gasteiger partial charge < -0.3 is 9.88 Å². The average Bonchev–Trinajstić information content (AvgIpc) is 2.85. The van der Waals surface area contributed by atoms with E-state index in [-0.39, 0.29) is 11.9 Å². The Bertz CT molecular complexity index is 456. The maximum Gasteiger partial charge on any atom is 0.324 e. The van der Waals surface area contributed by atoms with Gasteiger partial charge in [0.15, 0.2) is 0 Å². The second-order valence-corrected chi connectivity index (χ2v) is 4.84. The molecule has 3 amide bonds. The van der Waals surface area contributed by atoms with E-state index >= 15 is 0 Å². The highest BCUT2D eigenvalue weighted by Gasteiger charge is 2.28. The third-order valence-corrected chi connectivity index (χ3v) is 3.08. The third kappa shape index (κ3) is 2.36. The number of carbonyl (C=O) groups is 2. The van der Waals surface area contributed by atoms with Crippen molar-refractivity contribution >= 4 is 27.9 Å². The number of halogens is 1. The van der Waals surface area contributed by atoms with Crippen molar-refractivity contribution in [2.75, 3.05) is 13.1 Å². The summed E-state index contributed by atoms with van der Waals surface area (Å²) in [5.41, 5.74) is 0.552. The molecule has 0 bridgehead atoms. The Morgan fingerprint density at radius 3 is 2.94 bits per heavy atom. The molecule has 0 saturated carbocycles. The number of amides is 3. The lowest BCUT2D eigenvalue weighted by Crippen LogP contribution is -2.35. The predicted molar refractivity (Wildman–Crippen MR) is 66.9 cm³/mol. The fraction of sp³-hybridized carbons (Fsp3) is 0.455. The number of nitrogens with one attached hydrogen (secondary N) is 1. The zero-order valence-electron chi connectivity index (χ0n) is 9.57. The lowest BCUT2D eigenvalue weighted by Gasteiger charge is -2.13. The van der Waals surface area contributed by atoms with Crippen LogP contribution in [0, 0.1) is 0 Å². The third-order valence-electron chi connectivity index (χ3n) is 2.65. The van der Waals surface area contributed by atoms with Crippen molar-refractivity contribution in [2.24, 2.45) is 0 Å². The van der Waals surface area contributed by atoms with Crippen LogP contribution in [0.3, 0.4) is 0 Å². The van der Waals surface area contributed by atoms with Crippen LogP contribution in [0.2, 0.25) is 0 Å². The number of nitrogens with zero attached hydrogens (tertiary/aromatic N) is 2. The van der Waals surface area contributed by atoms with Crippen LogP contribution < -0.4 is 5.32 Å². The maximum atomic E-state index is 12.2. The van der Waals surface area contributed by atoms with Crippen LogP contribution in [0.1, 0.15) is 23.8 Å². The van der Waals surface area contributed by atoms with E-state index in [2.05, 4.69) is 21.2 Å². The summed E-state index contributed by atoms with van der Waals surface area (Å²) in [7, 11) is 0. The first-order valence-corrected chi connectivity index (χ1v) is 6.38. The van der Waals surface area contributed by atoms with E-state index in [1.165, 1.54) is 4.90 Å². The second-order valence-electron chi connectivity index (χ2n) is 3.93. The fourth-order valence-corrected chi connectivity index (χ4v) is 2.35. The molecular weight excluding hydrogens is 286 g/mol. The molecule has 1 fully saturated rings. The van der Waals surface area contributed by atoms with Gasteiger partial charge in [0, 0.05) is 30.3 Å². The van der Waals surface area contributed by atoms with Gasteiger partial charge in [-0.3, -0.25) is 9.69 Å². The minimum atomic E-state index is -0.310. The molecule has 1 aliphatic heterocycles. The molecule has 0 aromatic carbocycles. The number of hydrogen-bond acceptors (Lipinski definition) is 2. The van der Waals surface area contributed by atoms with Crippen molar-refractivity contribution in [3.8, 4) is 0 Å². The molecule has 0 aliphatic carbocycles. The highest BCUT2D eigenvalue weighted by atomic mass is 79.9. The molecule has 0 radical (unpaired) electrons. The molecule has 2 heterocycles. The molecule has 0 unspecified atom stereocenters. The largest absolute Gasteiger partial charge is 0.342 e. The SMILES string of the molecule is CCCn1cc(Br)cc1C(=O)N1CCNC1=O. The van der Waals surface area contributed by atoms with Gasteiger partial charge in [0.05, 0.1) is 0 Å². The number of imide groups is 1. The first-order chi connectivity index (χ1) is 8.13. The molecule has 2 rings (SSSR count). The lowest BCUT2D eigenvalue weighted by atomic mass is 10.3. The minimum absolute atomic E-state index is 0.237. The summed E-state index contributed by atoms with van der Waals surface area (Å²) < 4.78 is 2.73. The minimum Gasteiger partial charge on any atom is -0.342 e. The monoisotopic (exact) mass is 299 g/mol. The van der Waals surface area contributed by atoms with Gasteiger partial charge in [-0.15, -0.1) is 0 Å². The molecular formula is C11H14BrN3O2. The smallest absolute Gasteiger partial charge is 0.324 e. The number of rotatable bonds is 3. The molecule has 1 aromatic heterocycles. The standard InChI is InChI=1S/C11H14BrN3O2/c1-2-4-14-7-8(12)6-9(14)10(16)15-5-3-13-11(15)17/h6-7H,2-5H2,1H3,(H,13,17). The molecule has 92 valence electrons. The van der Waals surface area contributed by atoms with Crippen molar-refractivity contribution < 1.29 is 9.59 Å². The van der Waals surface area contributed by atoms with Crippen LogP contribution in [0.25, 0.3) is 0 Å². The number of aromatic nitrogens is 1. The first kappa shape index (κ1) is 12.2. The predicted octanol–water partition coefficient (Wildman–Crippen LogP) is 1.83. The Hall–Kier alpha value is -1.30. The number of carbonyl (C=O) groups excluding carboxylic acids is 2. The van der Waals surface area contributed by atoms with Crippen LogP contribution in [-0.4, -0.2) is 34.5 Å². The topological polar surface area (TPSA) is 54.3 Å². The Morgan fingerprint density at radius 1 is 1.59 bits per heavy atom. The molecule has 1 saturated heterocycles. The molecule has 1 N–H and O–H groups in total. The summed E-state index contributed by atoms with van der Waals surface area (Å²) in [5.74, 6) is -0.237. The summed E-state index contributed by atoms with van der Waals surface area (Å²) in [6.45, 7) is 3.78. The van der Waals surface area contributed by atoms with E-state index in [4.69, 9.17) is 0 Å². The van der Waals surface area contributed by atoms with Gasteiger partial charge in [-0.25, -0.2) is 4.79 Å². The Morgan fingerprint density at radius 2 is 2.35 bits per heavy atom. The quantitative estimate of drug-likeness (QED) is 0.926. The van der Waals surface area contributed by atoms with Gasteiger partial charge in [0.1, 0.15) is 5.69 Å². The highest BCUT2D eigenvalue weighted by Crippen LogP contribution is 2.18. The molecule has 6 heteroatoms. The van der Waals surface area contributed by atoms with Crippen molar-refractivity contribution in [1.82, 2.24) is 14.8 Å². The highest BCUT2D eigenvalue weighted by molar-refractivity contribution is 9.10. The molecule has 5 nitrogen and oxygen atoms in total. The summed E-state index contributed by atoms with van der Waals surface area (Å²) in [6, 6.07) is 1.44. The summed E-state index contributed by atoms with van der Waals surface area (Å²) in [5, 5.41) is 2.62. The van der Waals surface area contributed by atoms with Gasteiger partial charge in [-0.05, 0) is 28.4 Å². The van der Waals surface area contributed by atoms with E-state index in [0.29, 0.717) is 18.8 Å². The molecule has 17 heavy (non-hydrogen) atoms. The van der Waals surface area contributed by atoms with Gasteiger partial charge in [0.25, 0.3) is 5.91 Å². The fourth-order valence-electron chi connectivity index (χ4n) is 1.88. The molecule has 0 spiro atoms. The number of hydrogen-bond donors (Lipinski definition) is 1. The average molecular weight is 300 g/mol. The summed E-state index contributed by atoms with van der Waals surface area (Å²) in [4.78, 5) is 24.9. The van der Waals surface area contributed by atoms with E-state index in [1.807, 2.05) is 17.7 Å². The van der Waals surface area contributed by atoms with Crippen molar-refractivity contribution in [2.45, 2.75) is 19.9 Å². The van der Waals surface area contributed by atoms with E-state index in [1.54, 1.807) is 6.07 Å². The van der Waals surface area contributed by atoms with E-state index in [9.17, 15) is 9.59 Å². The Balaban J connectivity index is 2.26. The molecule has 0 atom stereocenters. The van der Waals surface area contributed by atoms with Gasteiger partial charge in [-0.1, -0.05) is 6.92 Å². The van der Waals surface area contributed by atoms with Crippen LogP contribution in [0.5, 0.6) is 0 Å². The normalized spacial score (nSPS) is 15.2. The van der Waals surface area contributed by atoms with Crippen molar-refractivity contribution in [1.29, 1.82) is 0 Å². The van der Waals surface area contributed by atoms with E-state index in [0.717, 1.165) is 17.4 Å². The maximum absolute atomic E-state index is 12.2. The van der Waals surface area contributed by atoms with Gasteiger partial charge in [0.2, 0.25) is 0 Å². The number of aryl methyl sites for hydroxylation is 1. The first-order valence-electron chi connectivity index (χ1n) is 5.59. The summed E-state index contributed by atoms with van der Waals surface area (Å²) in [6.07, 6.45) is 2.80. The van der Waals surface area contributed by atoms with Crippen molar-refractivity contribution in [3.63, 3.8) is 0 Å². The Labute approximate surface area is 108 Å². The van der Waals surface area contributed by atoms with Gasteiger partial charge in [-0.2, -0.15) is 0 Å². The van der Waals surface area contributed by atoms with Crippen LogP contribution in [-0.2, 0) is 6.54 Å².